The number of aromatic hydroxyl groups is 1. The number of fused-ring (bicyclic) bond motifs is 5. The number of aliphatic hydroxyl groups excluding tert-OH is 4. The molecular weight excluding hydrogens is 460 g/mol. The number of phenols is 1. The fourth-order valence-electron chi connectivity index (χ4n) is 7.24. The van der Waals surface area contributed by atoms with E-state index in [1.807, 2.05) is 13.0 Å². The minimum absolute atomic E-state index is 0.0477. The monoisotopic (exact) mass is 494 g/mol. The van der Waals surface area contributed by atoms with Crippen LogP contribution < -0.4 is 4.74 Å². The average Bonchev–Trinajstić information content (AvgIpc) is 3.12. The van der Waals surface area contributed by atoms with E-state index < -0.39 is 54.3 Å². The molecule has 4 aliphatic rings. The Bertz CT molecular complexity index is 983. The molecule has 2 saturated carbocycles. The fourth-order valence-corrected chi connectivity index (χ4v) is 7.24. The summed E-state index contributed by atoms with van der Waals surface area (Å²) in [6, 6.07) is 3.51. The average molecular weight is 495 g/mol. The molecule has 1 aromatic carbocycles. The van der Waals surface area contributed by atoms with Crippen LogP contribution in [0.2, 0.25) is 0 Å². The SMILES string of the molecule is COc1cc2c(cc1O)CC[C@@H]1[C@@H]2C(OC2O[C@H](C(=O)O)[C@@H](O)[C@H](O)[C@H]2O)C[C@]2(C)[C@@H](O)CC[C@@H]12. The standard InChI is InChI=1S/C25H34O10/c1-25-9-16(34-24-21(30)19(28)20(29)22(35-24)23(31)32)18-11(13(25)5-6-17(25)27)4-3-10-7-14(26)15(33-2)8-12(10)18/h7-8,11,13,16-22,24,26-30H,3-6,9H2,1-2H3,(H,31,32)/t11-,13-,16?,17-,18-,19-,20-,21+,22-,24?,25-/m0/s1. The van der Waals surface area contributed by atoms with E-state index in [-0.39, 0.29) is 23.5 Å². The van der Waals surface area contributed by atoms with Gasteiger partial charge in [0.05, 0.1) is 19.3 Å². The Kier molecular flexibility index (Phi) is 6.26. The zero-order valence-corrected chi connectivity index (χ0v) is 19.8. The second-order valence-electron chi connectivity index (χ2n) is 10.8. The molecule has 10 heteroatoms. The Morgan fingerprint density at radius 2 is 1.83 bits per heavy atom. The fraction of sp³-hybridized carbons (Fsp3) is 0.720. The van der Waals surface area contributed by atoms with Gasteiger partial charge in [-0.1, -0.05) is 6.92 Å². The number of aliphatic hydroxyl groups is 4. The van der Waals surface area contributed by atoms with Crippen LogP contribution in [-0.2, 0) is 20.7 Å². The summed E-state index contributed by atoms with van der Waals surface area (Å²) in [6.45, 7) is 2.05. The Morgan fingerprint density at radius 3 is 2.51 bits per heavy atom. The number of rotatable bonds is 4. The highest BCUT2D eigenvalue weighted by Gasteiger charge is 2.59. The lowest BCUT2D eigenvalue weighted by Crippen LogP contribution is -2.62. The van der Waals surface area contributed by atoms with Gasteiger partial charge in [-0.3, -0.25) is 0 Å². The van der Waals surface area contributed by atoms with Crippen molar-refractivity contribution < 1.29 is 49.6 Å². The van der Waals surface area contributed by atoms with Gasteiger partial charge in [0.25, 0.3) is 0 Å². The Morgan fingerprint density at radius 1 is 1.09 bits per heavy atom. The first-order valence-corrected chi connectivity index (χ1v) is 12.2. The van der Waals surface area contributed by atoms with Crippen molar-refractivity contribution in [3.63, 3.8) is 0 Å². The van der Waals surface area contributed by atoms with E-state index >= 15 is 0 Å². The molecule has 0 aromatic heterocycles. The van der Waals surface area contributed by atoms with Gasteiger partial charge >= 0.3 is 5.97 Å². The molecule has 2 unspecified atom stereocenters. The number of carbonyl (C=O) groups is 1. The first-order valence-electron chi connectivity index (χ1n) is 12.2. The lowest BCUT2D eigenvalue weighted by Gasteiger charge is -2.54. The van der Waals surface area contributed by atoms with Crippen molar-refractivity contribution in [2.75, 3.05) is 7.11 Å². The van der Waals surface area contributed by atoms with E-state index in [2.05, 4.69) is 0 Å². The maximum Gasteiger partial charge on any atom is 0.335 e. The second-order valence-corrected chi connectivity index (χ2v) is 10.8. The van der Waals surface area contributed by atoms with Crippen LogP contribution in [0.1, 0.15) is 49.7 Å². The van der Waals surface area contributed by atoms with E-state index in [0.717, 1.165) is 30.4 Å². The number of hydrogen-bond acceptors (Lipinski definition) is 9. The predicted octanol–water partition coefficient (Wildman–Crippen LogP) is 0.505. The van der Waals surface area contributed by atoms with E-state index in [9.17, 15) is 35.4 Å². The lowest BCUT2D eigenvalue weighted by molar-refractivity contribution is -0.313. The van der Waals surface area contributed by atoms with E-state index in [4.69, 9.17) is 14.2 Å². The summed E-state index contributed by atoms with van der Waals surface area (Å²) >= 11 is 0. The van der Waals surface area contributed by atoms with Crippen LogP contribution in [-0.4, -0.2) is 86.6 Å². The van der Waals surface area contributed by atoms with Gasteiger partial charge in [-0.2, -0.15) is 0 Å². The van der Waals surface area contributed by atoms with Crippen LogP contribution in [0.3, 0.4) is 0 Å². The highest BCUT2D eigenvalue weighted by Crippen LogP contribution is 2.62. The number of hydrogen-bond donors (Lipinski definition) is 6. The number of aliphatic carboxylic acids is 1. The summed E-state index contributed by atoms with van der Waals surface area (Å²) in [5, 5.41) is 61.6. The number of methoxy groups -OCH3 is 1. The molecule has 3 aliphatic carbocycles. The van der Waals surface area contributed by atoms with Gasteiger partial charge in [0.15, 0.2) is 23.9 Å². The zero-order chi connectivity index (χ0) is 25.2. The molecule has 6 N–H and O–H groups in total. The molecule has 1 aromatic rings. The normalized spacial score (nSPS) is 44.7. The minimum Gasteiger partial charge on any atom is -0.504 e. The van der Waals surface area contributed by atoms with Gasteiger partial charge in [-0.25, -0.2) is 4.79 Å². The highest BCUT2D eigenvalue weighted by molar-refractivity contribution is 5.73. The largest absolute Gasteiger partial charge is 0.504 e. The van der Waals surface area contributed by atoms with Gasteiger partial charge in [0.2, 0.25) is 0 Å². The van der Waals surface area contributed by atoms with Gasteiger partial charge in [0.1, 0.15) is 18.3 Å². The number of phenolic OH excluding ortho intramolecular Hbond substituents is 1. The quantitative estimate of drug-likeness (QED) is 0.347. The van der Waals surface area contributed by atoms with Crippen LogP contribution in [0.25, 0.3) is 0 Å². The molecule has 1 saturated heterocycles. The molecule has 11 atom stereocenters. The Hall–Kier alpha value is -1.95. The first-order chi connectivity index (χ1) is 16.6. The van der Waals surface area contributed by atoms with Crippen molar-refractivity contribution in [2.24, 2.45) is 17.3 Å². The molecule has 1 heterocycles. The topological polar surface area (TPSA) is 166 Å². The minimum atomic E-state index is -1.80. The summed E-state index contributed by atoms with van der Waals surface area (Å²) in [5.41, 5.74) is 1.48. The van der Waals surface area contributed by atoms with Crippen LogP contribution in [0.5, 0.6) is 11.5 Å². The number of carboxylic acids is 1. The van der Waals surface area contributed by atoms with Crippen molar-refractivity contribution in [3.05, 3.63) is 23.3 Å². The third-order valence-electron chi connectivity index (χ3n) is 9.05. The summed E-state index contributed by atoms with van der Waals surface area (Å²) in [4.78, 5) is 11.6. The number of aryl methyl sites for hydroxylation is 1. The molecular formula is C25H34O10. The Balaban J connectivity index is 1.53. The molecule has 0 amide bonds. The zero-order valence-electron chi connectivity index (χ0n) is 19.8. The highest BCUT2D eigenvalue weighted by atomic mass is 16.7. The van der Waals surface area contributed by atoms with E-state index in [1.54, 1.807) is 6.07 Å². The van der Waals surface area contributed by atoms with Crippen LogP contribution in [0, 0.1) is 17.3 Å². The van der Waals surface area contributed by atoms with Crippen molar-refractivity contribution in [1.29, 1.82) is 0 Å². The summed E-state index contributed by atoms with van der Waals surface area (Å²) < 4.78 is 17.1. The molecule has 194 valence electrons. The molecule has 10 nitrogen and oxygen atoms in total. The maximum atomic E-state index is 11.6. The maximum absolute atomic E-state index is 11.6. The van der Waals surface area contributed by atoms with Gasteiger partial charge in [0, 0.05) is 5.92 Å². The van der Waals surface area contributed by atoms with Gasteiger partial charge in [-0.15, -0.1) is 0 Å². The predicted molar refractivity (Wildman–Crippen MR) is 120 cm³/mol. The third kappa shape index (κ3) is 3.82. The van der Waals surface area contributed by atoms with Crippen molar-refractivity contribution in [1.82, 2.24) is 0 Å². The second kappa shape index (κ2) is 8.86. The van der Waals surface area contributed by atoms with Crippen LogP contribution in [0.4, 0.5) is 0 Å². The molecule has 0 radical (unpaired) electrons. The first kappa shape index (κ1) is 24.7. The van der Waals surface area contributed by atoms with Gasteiger partial charge in [-0.05, 0) is 72.6 Å². The number of ether oxygens (including phenoxy) is 3. The molecule has 35 heavy (non-hydrogen) atoms. The number of benzene rings is 1. The third-order valence-corrected chi connectivity index (χ3v) is 9.05. The molecule has 5 rings (SSSR count). The molecule has 3 fully saturated rings. The summed E-state index contributed by atoms with van der Waals surface area (Å²) in [7, 11) is 1.48. The molecule has 0 bridgehead atoms. The summed E-state index contributed by atoms with van der Waals surface area (Å²) in [5.74, 6) is -0.886. The van der Waals surface area contributed by atoms with Crippen LogP contribution >= 0.6 is 0 Å². The van der Waals surface area contributed by atoms with Crippen molar-refractivity contribution >= 4 is 5.97 Å². The van der Waals surface area contributed by atoms with E-state index in [0.29, 0.717) is 18.6 Å². The smallest absolute Gasteiger partial charge is 0.335 e. The number of carboxylic acid groups (broad SMARTS) is 1. The lowest BCUT2D eigenvalue weighted by atomic mass is 9.54. The van der Waals surface area contributed by atoms with Crippen molar-refractivity contribution in [2.45, 2.75) is 87.9 Å². The van der Waals surface area contributed by atoms with Crippen molar-refractivity contribution in [3.8, 4) is 11.5 Å². The molecule has 1 aliphatic heterocycles. The van der Waals surface area contributed by atoms with Gasteiger partial charge < -0.3 is 44.8 Å². The van der Waals surface area contributed by atoms with E-state index in [1.165, 1.54) is 7.11 Å². The van der Waals surface area contributed by atoms with Crippen LogP contribution in [0.15, 0.2) is 12.1 Å². The molecule has 0 spiro atoms. The Labute approximate surface area is 203 Å². The summed E-state index contributed by atoms with van der Waals surface area (Å²) in [6.07, 6.45) is -6.00.